The Bertz CT molecular complexity index is 1360. The Morgan fingerprint density at radius 3 is 2.00 bits per heavy atom. The van der Waals surface area contributed by atoms with Gasteiger partial charge in [-0.2, -0.15) is 0 Å². The van der Waals surface area contributed by atoms with E-state index in [2.05, 4.69) is 0 Å². The molecule has 0 aliphatic carbocycles. The summed E-state index contributed by atoms with van der Waals surface area (Å²) < 4.78 is 6.22. The van der Waals surface area contributed by atoms with Gasteiger partial charge in [-0.05, 0) is 23.8 Å². The van der Waals surface area contributed by atoms with Gasteiger partial charge in [-0.25, -0.2) is 9.80 Å². The standard InChI is InChI=1S/C29H22N2O3/c32-27-20-26(21-12-4-1-5-13-21)30(23-16-8-3-9-17-23)31(27)29(22-14-6-2-7-15-22)25-19-11-10-18-24(25)28(33)34-29/h1-19,26H,20H2. The Labute approximate surface area is 197 Å². The SMILES string of the molecule is O=C1OC(c2ccccc2)(N2C(=O)CC(c3ccccc3)N2c2ccccc2)c2ccccc21. The number of cyclic esters (lactones) is 1. The van der Waals surface area contributed by atoms with Crippen LogP contribution >= 0.6 is 0 Å². The maximum Gasteiger partial charge on any atom is 0.341 e. The second-order valence-corrected chi connectivity index (χ2v) is 8.46. The van der Waals surface area contributed by atoms with E-state index in [4.69, 9.17) is 4.74 Å². The molecule has 2 heterocycles. The van der Waals surface area contributed by atoms with E-state index in [9.17, 15) is 9.59 Å². The smallest absolute Gasteiger partial charge is 0.341 e. The van der Waals surface area contributed by atoms with E-state index in [0.717, 1.165) is 16.8 Å². The number of hydrazine groups is 1. The monoisotopic (exact) mass is 446 g/mol. The summed E-state index contributed by atoms with van der Waals surface area (Å²) in [5.41, 5.74) is 2.30. The van der Waals surface area contributed by atoms with Crippen LogP contribution in [0.3, 0.4) is 0 Å². The Hall–Kier alpha value is -4.38. The van der Waals surface area contributed by atoms with Crippen LogP contribution < -0.4 is 5.01 Å². The first kappa shape index (κ1) is 20.2. The minimum atomic E-state index is -1.41. The number of rotatable bonds is 4. The van der Waals surface area contributed by atoms with Gasteiger partial charge in [-0.1, -0.05) is 97.1 Å². The molecule has 4 aromatic carbocycles. The summed E-state index contributed by atoms with van der Waals surface area (Å²) >= 11 is 0. The van der Waals surface area contributed by atoms with E-state index >= 15 is 0 Å². The lowest BCUT2D eigenvalue weighted by molar-refractivity contribution is -0.148. The maximum atomic E-state index is 13.9. The van der Waals surface area contributed by atoms with Crippen LogP contribution in [-0.4, -0.2) is 16.9 Å². The number of esters is 1. The summed E-state index contributed by atoms with van der Waals surface area (Å²) in [5.74, 6) is -0.561. The number of carbonyl (C=O) groups is 2. The highest BCUT2D eigenvalue weighted by Crippen LogP contribution is 2.51. The summed E-state index contributed by atoms with van der Waals surface area (Å²) in [6.45, 7) is 0. The van der Waals surface area contributed by atoms with Gasteiger partial charge in [0.15, 0.2) is 0 Å². The second-order valence-electron chi connectivity index (χ2n) is 8.46. The number of nitrogens with zero attached hydrogens (tertiary/aromatic N) is 2. The molecule has 5 heteroatoms. The van der Waals surface area contributed by atoms with Gasteiger partial charge in [0.05, 0.1) is 23.7 Å². The molecule has 2 atom stereocenters. The molecule has 0 N–H and O–H groups in total. The molecule has 1 fully saturated rings. The zero-order valence-electron chi connectivity index (χ0n) is 18.4. The Balaban J connectivity index is 1.62. The zero-order valence-corrected chi connectivity index (χ0v) is 18.4. The molecule has 5 nitrogen and oxygen atoms in total. The van der Waals surface area contributed by atoms with Crippen molar-refractivity contribution in [2.75, 3.05) is 5.01 Å². The summed E-state index contributed by atoms with van der Waals surface area (Å²) in [5, 5.41) is 3.64. The number of carbonyl (C=O) groups excluding carboxylic acids is 2. The highest BCUT2D eigenvalue weighted by molar-refractivity contribution is 5.97. The first-order valence-corrected chi connectivity index (χ1v) is 11.3. The molecule has 0 saturated carbocycles. The van der Waals surface area contributed by atoms with Crippen LogP contribution in [0.15, 0.2) is 115 Å². The molecular formula is C29H22N2O3. The number of hydrogen-bond donors (Lipinski definition) is 0. The van der Waals surface area contributed by atoms with Gasteiger partial charge in [0, 0.05) is 11.1 Å². The Morgan fingerprint density at radius 2 is 1.29 bits per heavy atom. The molecule has 0 aromatic heterocycles. The minimum Gasteiger partial charge on any atom is -0.424 e. The molecule has 1 saturated heterocycles. The lowest BCUT2D eigenvalue weighted by atomic mass is 9.92. The van der Waals surface area contributed by atoms with E-state index in [0.29, 0.717) is 11.1 Å². The third kappa shape index (κ3) is 2.94. The van der Waals surface area contributed by atoms with Crippen molar-refractivity contribution < 1.29 is 14.3 Å². The number of hydrogen-bond acceptors (Lipinski definition) is 4. The number of anilines is 1. The molecule has 0 radical (unpaired) electrons. The van der Waals surface area contributed by atoms with Gasteiger partial charge < -0.3 is 4.74 Å². The number of ether oxygens (including phenoxy) is 1. The molecule has 0 spiro atoms. The minimum absolute atomic E-state index is 0.119. The van der Waals surface area contributed by atoms with Gasteiger partial charge in [0.1, 0.15) is 0 Å². The first-order chi connectivity index (χ1) is 16.7. The summed E-state index contributed by atoms with van der Waals surface area (Å²) in [6.07, 6.45) is 0.257. The number of para-hydroxylation sites is 1. The lowest BCUT2D eigenvalue weighted by Gasteiger charge is -2.44. The molecule has 166 valence electrons. The largest absolute Gasteiger partial charge is 0.424 e. The van der Waals surface area contributed by atoms with Crippen molar-refractivity contribution in [3.05, 3.63) is 138 Å². The molecule has 2 unspecified atom stereocenters. The van der Waals surface area contributed by atoms with Crippen molar-refractivity contribution in [2.45, 2.75) is 18.2 Å². The highest BCUT2D eigenvalue weighted by atomic mass is 16.6. The molecule has 2 aliphatic rings. The maximum absolute atomic E-state index is 13.9. The van der Waals surface area contributed by atoms with Gasteiger partial charge in [-0.3, -0.25) is 9.80 Å². The zero-order chi connectivity index (χ0) is 23.1. The normalized spacial score (nSPS) is 21.5. The van der Waals surface area contributed by atoms with Crippen molar-refractivity contribution in [2.24, 2.45) is 0 Å². The van der Waals surface area contributed by atoms with Crippen molar-refractivity contribution >= 4 is 17.6 Å². The van der Waals surface area contributed by atoms with Crippen LogP contribution in [-0.2, 0) is 15.3 Å². The molecule has 6 rings (SSSR count). The number of benzene rings is 4. The fraction of sp³-hybridized carbons (Fsp3) is 0.103. The third-order valence-electron chi connectivity index (χ3n) is 6.54. The number of fused-ring (bicyclic) bond motifs is 1. The number of amides is 1. The predicted octanol–water partition coefficient (Wildman–Crippen LogP) is 5.45. The van der Waals surface area contributed by atoms with Gasteiger partial charge in [0.25, 0.3) is 5.72 Å². The van der Waals surface area contributed by atoms with E-state index in [1.54, 1.807) is 11.1 Å². The Kier molecular flexibility index (Phi) is 4.69. The van der Waals surface area contributed by atoms with E-state index in [1.807, 2.05) is 114 Å². The summed E-state index contributed by atoms with van der Waals surface area (Å²) in [6, 6.07) is 36.3. The molecule has 0 bridgehead atoms. The third-order valence-corrected chi connectivity index (χ3v) is 6.54. The highest BCUT2D eigenvalue weighted by Gasteiger charge is 2.59. The fourth-order valence-electron chi connectivity index (χ4n) is 5.09. The van der Waals surface area contributed by atoms with Crippen LogP contribution in [0, 0.1) is 0 Å². The van der Waals surface area contributed by atoms with Crippen LogP contribution in [0.4, 0.5) is 5.69 Å². The molecule has 34 heavy (non-hydrogen) atoms. The first-order valence-electron chi connectivity index (χ1n) is 11.3. The van der Waals surface area contributed by atoms with E-state index in [-0.39, 0.29) is 18.4 Å². The van der Waals surface area contributed by atoms with Gasteiger partial charge >= 0.3 is 5.97 Å². The lowest BCUT2D eigenvalue weighted by Crippen LogP contribution is -2.55. The molecule has 1 amide bonds. The average molecular weight is 447 g/mol. The summed E-state index contributed by atoms with van der Waals surface area (Å²) in [7, 11) is 0. The molecular weight excluding hydrogens is 424 g/mol. The topological polar surface area (TPSA) is 49.9 Å². The van der Waals surface area contributed by atoms with Crippen molar-refractivity contribution in [1.29, 1.82) is 0 Å². The van der Waals surface area contributed by atoms with E-state index in [1.165, 1.54) is 0 Å². The Morgan fingerprint density at radius 1 is 0.706 bits per heavy atom. The quantitative estimate of drug-likeness (QED) is 0.391. The predicted molar refractivity (Wildman–Crippen MR) is 129 cm³/mol. The van der Waals surface area contributed by atoms with Crippen LogP contribution in [0.25, 0.3) is 0 Å². The van der Waals surface area contributed by atoms with Crippen LogP contribution in [0.1, 0.15) is 39.5 Å². The summed E-state index contributed by atoms with van der Waals surface area (Å²) in [4.78, 5) is 27.1. The molecule has 4 aromatic rings. The van der Waals surface area contributed by atoms with Crippen LogP contribution in [0.5, 0.6) is 0 Å². The van der Waals surface area contributed by atoms with Crippen LogP contribution in [0.2, 0.25) is 0 Å². The second kappa shape index (κ2) is 7.89. The van der Waals surface area contributed by atoms with Crippen molar-refractivity contribution in [3.63, 3.8) is 0 Å². The fourth-order valence-corrected chi connectivity index (χ4v) is 5.09. The van der Waals surface area contributed by atoms with Gasteiger partial charge in [-0.15, -0.1) is 0 Å². The van der Waals surface area contributed by atoms with Gasteiger partial charge in [0.2, 0.25) is 5.91 Å². The van der Waals surface area contributed by atoms with Crippen molar-refractivity contribution in [1.82, 2.24) is 5.01 Å². The van der Waals surface area contributed by atoms with E-state index < -0.39 is 11.7 Å². The van der Waals surface area contributed by atoms with Crippen molar-refractivity contribution in [3.8, 4) is 0 Å². The molecule has 2 aliphatic heterocycles. The average Bonchev–Trinajstić information content (AvgIpc) is 3.41.